The Morgan fingerprint density at radius 1 is 0.317 bits per heavy atom. The van der Waals surface area contributed by atoms with Crippen LogP contribution in [0.3, 0.4) is 0 Å². The van der Waals surface area contributed by atoms with Crippen LogP contribution in [0.15, 0.2) is 164 Å². The van der Waals surface area contributed by atoms with Crippen LogP contribution in [-0.2, 0) is 0 Å². The summed E-state index contributed by atoms with van der Waals surface area (Å²) in [5, 5.41) is 4.96. The number of hydrogen-bond donors (Lipinski definition) is 0. The van der Waals surface area contributed by atoms with Crippen LogP contribution in [0, 0.1) is 0 Å². The molecule has 0 radical (unpaired) electrons. The molecule has 7 aromatic rings. The van der Waals surface area contributed by atoms with E-state index in [0.29, 0.717) is 0 Å². The average molecular weight is 527 g/mol. The van der Waals surface area contributed by atoms with Gasteiger partial charge in [0.25, 0.3) is 0 Å². The summed E-state index contributed by atoms with van der Waals surface area (Å²) in [6, 6.07) is 58.6. The quantitative estimate of drug-likeness (QED) is 0.213. The maximum absolute atomic E-state index is 2.35. The Hall–Kier alpha value is -5.34. The zero-order chi connectivity index (χ0) is 27.6. The van der Waals surface area contributed by atoms with Crippen molar-refractivity contribution in [3.63, 3.8) is 0 Å². The molecule has 0 aromatic heterocycles. The van der Waals surface area contributed by atoms with Crippen LogP contribution in [0.4, 0.5) is 28.4 Å². The Morgan fingerprint density at radius 3 is 1.49 bits per heavy atom. The summed E-state index contributed by atoms with van der Waals surface area (Å²) in [6.07, 6.45) is 0. The molecule has 7 rings (SSSR count). The van der Waals surface area contributed by atoms with Gasteiger partial charge < -0.3 is 9.80 Å². The zero-order valence-corrected chi connectivity index (χ0v) is 23.0. The summed E-state index contributed by atoms with van der Waals surface area (Å²) in [5.41, 5.74) is 8.07. The largest absolute Gasteiger partial charge is 0.345 e. The van der Waals surface area contributed by atoms with E-state index in [1.54, 1.807) is 0 Å². The summed E-state index contributed by atoms with van der Waals surface area (Å²) in [7, 11) is 2.13. The minimum absolute atomic E-state index is 1.11. The highest BCUT2D eigenvalue weighted by atomic mass is 15.1. The third-order valence-corrected chi connectivity index (χ3v) is 7.82. The van der Waals surface area contributed by atoms with Crippen molar-refractivity contribution in [2.45, 2.75) is 0 Å². The Bertz CT molecular complexity index is 1960. The van der Waals surface area contributed by atoms with Crippen molar-refractivity contribution in [1.82, 2.24) is 0 Å². The molecule has 0 fully saturated rings. The number of rotatable bonds is 6. The molecule has 196 valence electrons. The molecule has 2 heteroatoms. The van der Waals surface area contributed by atoms with Crippen LogP contribution in [-0.4, -0.2) is 7.05 Å². The molecule has 2 nitrogen and oxygen atoms in total. The molecular formula is C39H30N2. The van der Waals surface area contributed by atoms with E-state index in [2.05, 4.69) is 181 Å². The molecule has 0 heterocycles. The van der Waals surface area contributed by atoms with Gasteiger partial charge in [-0.1, -0.05) is 103 Å². The molecule has 7 aromatic carbocycles. The molecule has 0 spiro atoms. The van der Waals surface area contributed by atoms with Crippen LogP contribution in [0.1, 0.15) is 0 Å². The summed E-state index contributed by atoms with van der Waals surface area (Å²) < 4.78 is 0. The van der Waals surface area contributed by atoms with Gasteiger partial charge in [0, 0.05) is 35.5 Å². The first-order valence-electron chi connectivity index (χ1n) is 14.0. The standard InChI is InChI=1S/C39H30N2/c1-40(37-20-18-30-12-5-7-14-32(30)26-37)35-22-24-36(25-23-35)41(39-21-19-31-13-6-8-15-33(31)28-39)38-17-9-16-34(27-38)29-10-3-2-4-11-29/h2-28H,1H3. The van der Waals surface area contributed by atoms with Crippen LogP contribution >= 0.6 is 0 Å². The maximum Gasteiger partial charge on any atom is 0.0468 e. The second-order valence-electron chi connectivity index (χ2n) is 10.4. The predicted octanol–water partition coefficient (Wildman–Crippen LogP) is 10.9. The third kappa shape index (κ3) is 4.92. The van der Waals surface area contributed by atoms with Gasteiger partial charge in [0.2, 0.25) is 0 Å². The van der Waals surface area contributed by atoms with Crippen molar-refractivity contribution in [3.05, 3.63) is 164 Å². The fourth-order valence-corrected chi connectivity index (χ4v) is 5.58. The van der Waals surface area contributed by atoms with E-state index in [-0.39, 0.29) is 0 Å². The first-order chi connectivity index (χ1) is 20.2. The van der Waals surface area contributed by atoms with Gasteiger partial charge in [0.15, 0.2) is 0 Å². The van der Waals surface area contributed by atoms with E-state index in [1.165, 1.54) is 38.4 Å². The van der Waals surface area contributed by atoms with E-state index in [0.717, 1.165) is 22.7 Å². The number of anilines is 5. The van der Waals surface area contributed by atoms with Crippen molar-refractivity contribution in [1.29, 1.82) is 0 Å². The summed E-state index contributed by atoms with van der Waals surface area (Å²) >= 11 is 0. The van der Waals surface area contributed by atoms with Crippen molar-refractivity contribution >= 4 is 50.0 Å². The molecule has 0 atom stereocenters. The molecule has 0 aliphatic heterocycles. The van der Waals surface area contributed by atoms with Crippen LogP contribution in [0.25, 0.3) is 32.7 Å². The highest BCUT2D eigenvalue weighted by Crippen LogP contribution is 2.39. The molecule has 0 unspecified atom stereocenters. The SMILES string of the molecule is CN(c1ccc(N(c2cccc(-c3ccccc3)c2)c2ccc3ccccc3c2)cc1)c1ccc2ccccc2c1. The molecule has 0 N–H and O–H groups in total. The Morgan fingerprint density at radius 2 is 0.805 bits per heavy atom. The topological polar surface area (TPSA) is 6.48 Å². The normalized spacial score (nSPS) is 11.0. The second-order valence-corrected chi connectivity index (χ2v) is 10.4. The molecule has 41 heavy (non-hydrogen) atoms. The van der Waals surface area contributed by atoms with Gasteiger partial charge in [0.1, 0.15) is 0 Å². The maximum atomic E-state index is 2.35. The highest BCUT2D eigenvalue weighted by Gasteiger charge is 2.15. The lowest BCUT2D eigenvalue weighted by Crippen LogP contribution is -2.12. The van der Waals surface area contributed by atoms with Crippen molar-refractivity contribution in [3.8, 4) is 11.1 Å². The van der Waals surface area contributed by atoms with Crippen molar-refractivity contribution in [2.24, 2.45) is 0 Å². The first-order valence-corrected chi connectivity index (χ1v) is 14.0. The Kier molecular flexibility index (Phi) is 6.42. The average Bonchev–Trinajstić information content (AvgIpc) is 3.05. The fourth-order valence-electron chi connectivity index (χ4n) is 5.58. The number of nitrogens with zero attached hydrogens (tertiary/aromatic N) is 2. The van der Waals surface area contributed by atoms with E-state index in [4.69, 9.17) is 0 Å². The number of hydrogen-bond acceptors (Lipinski definition) is 2. The van der Waals surface area contributed by atoms with E-state index in [1.807, 2.05) is 0 Å². The molecular weight excluding hydrogens is 496 g/mol. The molecule has 0 bridgehead atoms. The molecule has 0 aliphatic rings. The van der Waals surface area contributed by atoms with Gasteiger partial charge in [-0.2, -0.15) is 0 Å². The minimum Gasteiger partial charge on any atom is -0.345 e. The van der Waals surface area contributed by atoms with Gasteiger partial charge in [-0.3, -0.25) is 0 Å². The number of fused-ring (bicyclic) bond motifs is 2. The van der Waals surface area contributed by atoms with Gasteiger partial charge in [-0.25, -0.2) is 0 Å². The first kappa shape index (κ1) is 24.7. The lowest BCUT2D eigenvalue weighted by atomic mass is 10.0. The van der Waals surface area contributed by atoms with E-state index >= 15 is 0 Å². The fraction of sp³-hybridized carbons (Fsp3) is 0.0256. The minimum atomic E-state index is 1.11. The monoisotopic (exact) mass is 526 g/mol. The van der Waals surface area contributed by atoms with Gasteiger partial charge in [-0.05, 0) is 93.3 Å². The van der Waals surface area contributed by atoms with Crippen LogP contribution in [0.5, 0.6) is 0 Å². The van der Waals surface area contributed by atoms with Crippen LogP contribution in [0.2, 0.25) is 0 Å². The van der Waals surface area contributed by atoms with Crippen LogP contribution < -0.4 is 9.80 Å². The van der Waals surface area contributed by atoms with Gasteiger partial charge in [-0.15, -0.1) is 0 Å². The second kappa shape index (κ2) is 10.7. The van der Waals surface area contributed by atoms with E-state index < -0.39 is 0 Å². The third-order valence-electron chi connectivity index (χ3n) is 7.82. The zero-order valence-electron chi connectivity index (χ0n) is 23.0. The summed E-state index contributed by atoms with van der Waals surface area (Å²) in [6.45, 7) is 0. The lowest BCUT2D eigenvalue weighted by molar-refractivity contribution is 1.21. The molecule has 0 amide bonds. The Labute approximate surface area is 241 Å². The van der Waals surface area contributed by atoms with Crippen molar-refractivity contribution < 1.29 is 0 Å². The van der Waals surface area contributed by atoms with Gasteiger partial charge in [0.05, 0.1) is 0 Å². The predicted molar refractivity (Wildman–Crippen MR) is 176 cm³/mol. The van der Waals surface area contributed by atoms with E-state index in [9.17, 15) is 0 Å². The highest BCUT2D eigenvalue weighted by molar-refractivity contribution is 5.90. The van der Waals surface area contributed by atoms with Gasteiger partial charge >= 0.3 is 0 Å². The number of benzene rings is 7. The smallest absolute Gasteiger partial charge is 0.0468 e. The molecule has 0 saturated heterocycles. The molecule has 0 saturated carbocycles. The Balaban J connectivity index is 1.29. The molecule has 0 aliphatic carbocycles. The summed E-state index contributed by atoms with van der Waals surface area (Å²) in [4.78, 5) is 4.59. The summed E-state index contributed by atoms with van der Waals surface area (Å²) in [5.74, 6) is 0. The van der Waals surface area contributed by atoms with Crippen molar-refractivity contribution in [2.75, 3.05) is 16.8 Å². The lowest BCUT2D eigenvalue weighted by Gasteiger charge is -2.27.